The Morgan fingerprint density at radius 2 is 2.10 bits per heavy atom. The molecule has 0 spiro atoms. The first-order valence-corrected chi connectivity index (χ1v) is 6.12. The van der Waals surface area contributed by atoms with Crippen LogP contribution in [0.25, 0.3) is 0 Å². The Labute approximate surface area is 116 Å². The highest BCUT2D eigenvalue weighted by Crippen LogP contribution is 2.21. The van der Waals surface area contributed by atoms with Gasteiger partial charge in [-0.25, -0.2) is 9.59 Å². The van der Waals surface area contributed by atoms with Crippen LogP contribution in [-0.4, -0.2) is 53.9 Å². The van der Waals surface area contributed by atoms with Gasteiger partial charge in [-0.1, -0.05) is 0 Å². The van der Waals surface area contributed by atoms with E-state index in [-0.39, 0.29) is 17.3 Å². The van der Waals surface area contributed by atoms with Gasteiger partial charge >= 0.3 is 12.0 Å². The lowest BCUT2D eigenvalue weighted by Crippen LogP contribution is -2.34. The second-order valence-corrected chi connectivity index (χ2v) is 4.09. The summed E-state index contributed by atoms with van der Waals surface area (Å²) in [5.74, 6) is -1.61. The lowest BCUT2D eigenvalue weighted by molar-refractivity contribution is 0.0693. The largest absolute Gasteiger partial charge is 0.507 e. The molecule has 0 atom stereocenters. The quantitative estimate of drug-likeness (QED) is 0.543. The van der Waals surface area contributed by atoms with Crippen LogP contribution in [0.3, 0.4) is 0 Å². The van der Waals surface area contributed by atoms with E-state index in [0.29, 0.717) is 25.4 Å². The number of urea groups is 1. The molecule has 0 fully saturated rings. The van der Waals surface area contributed by atoms with Crippen LogP contribution in [0.15, 0.2) is 18.2 Å². The molecule has 110 valence electrons. The van der Waals surface area contributed by atoms with Crippen molar-refractivity contribution in [2.45, 2.75) is 6.92 Å². The number of ether oxygens (including phenoxy) is 1. The maximum absolute atomic E-state index is 11.8. The van der Waals surface area contributed by atoms with Crippen molar-refractivity contribution in [3.05, 3.63) is 23.8 Å². The van der Waals surface area contributed by atoms with Crippen molar-refractivity contribution >= 4 is 17.7 Å². The van der Waals surface area contributed by atoms with Crippen molar-refractivity contribution in [2.24, 2.45) is 0 Å². The summed E-state index contributed by atoms with van der Waals surface area (Å²) < 4.78 is 5.14. The molecule has 0 heterocycles. The van der Waals surface area contributed by atoms with Gasteiger partial charge in [0.15, 0.2) is 0 Å². The number of benzene rings is 1. The van der Waals surface area contributed by atoms with Gasteiger partial charge in [0, 0.05) is 25.9 Å². The first-order chi connectivity index (χ1) is 9.45. The second kappa shape index (κ2) is 7.34. The van der Waals surface area contributed by atoms with Crippen molar-refractivity contribution in [3.63, 3.8) is 0 Å². The minimum atomic E-state index is -1.26. The van der Waals surface area contributed by atoms with Crippen LogP contribution in [0.5, 0.6) is 5.75 Å². The van der Waals surface area contributed by atoms with Gasteiger partial charge in [-0.05, 0) is 25.1 Å². The number of anilines is 1. The Bertz CT molecular complexity index is 490. The average Bonchev–Trinajstić information content (AvgIpc) is 2.40. The van der Waals surface area contributed by atoms with Crippen molar-refractivity contribution in [1.82, 2.24) is 4.90 Å². The molecule has 7 nitrogen and oxygen atoms in total. The number of carboxylic acids is 1. The van der Waals surface area contributed by atoms with Gasteiger partial charge in [-0.2, -0.15) is 0 Å². The fourth-order valence-corrected chi connectivity index (χ4v) is 1.45. The van der Waals surface area contributed by atoms with Gasteiger partial charge < -0.3 is 25.2 Å². The van der Waals surface area contributed by atoms with Crippen molar-refractivity contribution in [1.29, 1.82) is 0 Å². The number of hydrogen-bond donors (Lipinski definition) is 3. The number of carbonyl (C=O) groups excluding carboxylic acids is 1. The summed E-state index contributed by atoms with van der Waals surface area (Å²) in [6, 6.07) is 3.47. The molecule has 1 aromatic carbocycles. The molecule has 0 aliphatic rings. The van der Waals surface area contributed by atoms with E-state index >= 15 is 0 Å². The molecular weight excluding hydrogens is 264 g/mol. The third kappa shape index (κ3) is 4.43. The molecule has 0 radical (unpaired) electrons. The summed E-state index contributed by atoms with van der Waals surface area (Å²) in [6.45, 7) is 3.29. The standard InChI is InChI=1S/C13H18N2O5/c1-3-20-7-6-15(2)13(19)14-9-4-5-11(16)10(8-9)12(17)18/h4-5,8,16H,3,6-7H2,1-2H3,(H,14,19)(H,17,18). The maximum atomic E-state index is 11.8. The van der Waals surface area contributed by atoms with Crippen molar-refractivity contribution in [2.75, 3.05) is 32.1 Å². The van der Waals surface area contributed by atoms with E-state index in [1.807, 2.05) is 6.92 Å². The first-order valence-electron chi connectivity index (χ1n) is 6.12. The smallest absolute Gasteiger partial charge is 0.339 e. The molecule has 0 aromatic heterocycles. The highest BCUT2D eigenvalue weighted by atomic mass is 16.5. The molecular formula is C13H18N2O5. The minimum absolute atomic E-state index is 0.264. The van der Waals surface area contributed by atoms with Crippen molar-refractivity contribution < 1.29 is 24.5 Å². The summed E-state index contributed by atoms with van der Waals surface area (Å²) in [6.07, 6.45) is 0. The molecule has 1 rings (SSSR count). The number of amides is 2. The third-order valence-electron chi connectivity index (χ3n) is 2.60. The number of hydrogen-bond acceptors (Lipinski definition) is 4. The van der Waals surface area contributed by atoms with E-state index in [9.17, 15) is 14.7 Å². The van der Waals surface area contributed by atoms with Gasteiger partial charge in [0.05, 0.1) is 6.61 Å². The average molecular weight is 282 g/mol. The number of phenols is 1. The van der Waals surface area contributed by atoms with E-state index in [1.54, 1.807) is 7.05 Å². The van der Waals surface area contributed by atoms with Gasteiger partial charge in [-0.15, -0.1) is 0 Å². The Morgan fingerprint density at radius 3 is 2.70 bits per heavy atom. The first kappa shape index (κ1) is 15.8. The molecule has 1 aromatic rings. The predicted octanol–water partition coefficient (Wildman–Crippen LogP) is 1.59. The summed E-state index contributed by atoms with van der Waals surface area (Å²) >= 11 is 0. The predicted molar refractivity (Wildman–Crippen MR) is 73.2 cm³/mol. The van der Waals surface area contributed by atoms with Gasteiger partial charge in [0.1, 0.15) is 11.3 Å². The zero-order valence-electron chi connectivity index (χ0n) is 11.4. The highest BCUT2D eigenvalue weighted by Gasteiger charge is 2.13. The Balaban J connectivity index is 2.66. The fraction of sp³-hybridized carbons (Fsp3) is 0.385. The van der Waals surface area contributed by atoms with Crippen LogP contribution in [0.4, 0.5) is 10.5 Å². The zero-order valence-corrected chi connectivity index (χ0v) is 11.4. The lowest BCUT2D eigenvalue weighted by atomic mass is 10.2. The van der Waals surface area contributed by atoms with Crippen LogP contribution >= 0.6 is 0 Å². The van der Waals surface area contributed by atoms with Crippen LogP contribution in [0, 0.1) is 0 Å². The number of carbonyl (C=O) groups is 2. The highest BCUT2D eigenvalue weighted by molar-refractivity contribution is 5.95. The van der Waals surface area contributed by atoms with E-state index in [2.05, 4.69) is 5.32 Å². The van der Waals surface area contributed by atoms with Crippen LogP contribution in [-0.2, 0) is 4.74 Å². The molecule has 2 amide bonds. The second-order valence-electron chi connectivity index (χ2n) is 4.09. The molecule has 3 N–H and O–H groups in total. The van der Waals surface area contributed by atoms with Crippen molar-refractivity contribution in [3.8, 4) is 5.75 Å². The fourth-order valence-electron chi connectivity index (χ4n) is 1.45. The minimum Gasteiger partial charge on any atom is -0.507 e. The summed E-state index contributed by atoms with van der Waals surface area (Å²) in [5, 5.41) is 20.8. The number of nitrogens with one attached hydrogen (secondary N) is 1. The number of aromatic carboxylic acids is 1. The monoisotopic (exact) mass is 282 g/mol. The number of likely N-dealkylation sites (N-methyl/N-ethyl adjacent to an activating group) is 1. The van der Waals surface area contributed by atoms with Crippen LogP contribution in [0.1, 0.15) is 17.3 Å². The number of carboxylic acid groups (broad SMARTS) is 1. The SMILES string of the molecule is CCOCCN(C)C(=O)Nc1ccc(O)c(C(=O)O)c1. The Kier molecular flexibility index (Phi) is 5.79. The molecule has 0 aliphatic heterocycles. The molecule has 0 saturated heterocycles. The van der Waals surface area contributed by atoms with E-state index in [4.69, 9.17) is 9.84 Å². The summed E-state index contributed by atoms with van der Waals surface area (Å²) in [7, 11) is 1.60. The Morgan fingerprint density at radius 1 is 1.40 bits per heavy atom. The van der Waals surface area contributed by atoms with Gasteiger partial charge in [0.25, 0.3) is 0 Å². The van der Waals surface area contributed by atoms with E-state index < -0.39 is 5.97 Å². The molecule has 0 unspecified atom stereocenters. The molecule has 0 aliphatic carbocycles. The Hall–Kier alpha value is -2.28. The van der Waals surface area contributed by atoms with Crippen LogP contribution < -0.4 is 5.32 Å². The normalized spacial score (nSPS) is 10.1. The number of rotatable bonds is 6. The van der Waals surface area contributed by atoms with Crippen LogP contribution in [0.2, 0.25) is 0 Å². The number of aromatic hydroxyl groups is 1. The summed E-state index contributed by atoms with van der Waals surface area (Å²) in [4.78, 5) is 24.1. The van der Waals surface area contributed by atoms with Gasteiger partial charge in [-0.3, -0.25) is 0 Å². The maximum Gasteiger partial charge on any atom is 0.339 e. The number of nitrogens with zero attached hydrogens (tertiary/aromatic N) is 1. The molecule has 0 bridgehead atoms. The van der Waals surface area contributed by atoms with Gasteiger partial charge in [0.2, 0.25) is 0 Å². The zero-order chi connectivity index (χ0) is 15.1. The van der Waals surface area contributed by atoms with E-state index in [1.165, 1.54) is 23.1 Å². The molecule has 20 heavy (non-hydrogen) atoms. The van der Waals surface area contributed by atoms with E-state index in [0.717, 1.165) is 0 Å². The topological polar surface area (TPSA) is 99.1 Å². The lowest BCUT2D eigenvalue weighted by Gasteiger charge is -2.18. The summed E-state index contributed by atoms with van der Waals surface area (Å²) in [5.41, 5.74) is 0.0354. The molecule has 0 saturated carbocycles. The third-order valence-corrected chi connectivity index (χ3v) is 2.60. The molecule has 7 heteroatoms.